The van der Waals surface area contributed by atoms with Crippen LogP contribution in [-0.4, -0.2) is 101 Å². The summed E-state index contributed by atoms with van der Waals surface area (Å²) in [6, 6.07) is 0. The van der Waals surface area contributed by atoms with E-state index in [0.717, 1.165) is 0 Å². The summed E-state index contributed by atoms with van der Waals surface area (Å²) in [6.45, 7) is 0. The Morgan fingerprint density at radius 1 is 0.773 bits per heavy atom. The van der Waals surface area contributed by atoms with E-state index in [4.69, 9.17) is 28.3 Å². The molecule has 3 aliphatic heterocycles. The molecule has 3 aliphatic rings. The van der Waals surface area contributed by atoms with Gasteiger partial charge in [0.15, 0.2) is 0 Å². The van der Waals surface area contributed by atoms with Crippen LogP contribution >= 0.6 is 0 Å². The number of carbonyl (C=O) groups excluding carboxylic acids is 2. The zero-order chi connectivity index (χ0) is 16.0. The summed E-state index contributed by atoms with van der Waals surface area (Å²) in [5.74, 6) is -5.12. The number of hydrogen-bond acceptors (Lipinski definition) is 10. The van der Waals surface area contributed by atoms with Gasteiger partial charge in [0, 0.05) is 0 Å². The first-order valence-electron chi connectivity index (χ1n) is 5.53. The third-order valence-corrected chi connectivity index (χ3v) is 9.07. The van der Waals surface area contributed by atoms with Gasteiger partial charge >= 0.3 is 139 Å². The van der Waals surface area contributed by atoms with E-state index in [1.54, 1.807) is 0 Å². The topological polar surface area (TPSA) is 164 Å². The van der Waals surface area contributed by atoms with E-state index in [1.807, 2.05) is 0 Å². The van der Waals surface area contributed by atoms with Crippen LogP contribution in [-0.2, 0) is 37.3 Å². The molecular weight excluding hydrogens is 532 g/mol. The Bertz CT molecular complexity index is 501. The standard InChI is InChI=1S/2C4H4O6.2Sb/c2*5-1(3(7)8)2(6)4(9)10;;/h2*1-2H,(H,7,8)(H,9,10);;/q2*-2;2*+3/p-2/t2*1-,2-;;/m11../s1. The van der Waals surface area contributed by atoms with Crippen LogP contribution in [0.1, 0.15) is 0 Å². The Hall–Kier alpha value is -0.644. The molecule has 3 saturated heterocycles. The Kier molecular flexibility index (Phi) is 4.50. The predicted octanol–water partition coefficient (Wildman–Crippen LogP) is -3.21. The second-order valence-corrected chi connectivity index (χ2v) is 10.1. The Morgan fingerprint density at radius 3 is 1.45 bits per heavy atom. The number of carboxylic acids is 2. The van der Waals surface area contributed by atoms with Gasteiger partial charge in [0.2, 0.25) is 0 Å². The van der Waals surface area contributed by atoms with Gasteiger partial charge in [-0.05, 0) is 0 Å². The summed E-state index contributed by atoms with van der Waals surface area (Å²) in [4.78, 5) is 45.7. The SMILES string of the molecule is O=C(O)[C@@H]1[O][Sb]2[O]C(=O)[C@H]([O]2)[C@H](C(=O)O)[O][Sb]2[O]C(=O)[C@@H]1[O]2. The molecule has 22 heavy (non-hydrogen) atoms. The van der Waals surface area contributed by atoms with Gasteiger partial charge < -0.3 is 0 Å². The Labute approximate surface area is 138 Å². The third kappa shape index (κ3) is 2.91. The van der Waals surface area contributed by atoms with Crippen molar-refractivity contribution in [3.8, 4) is 0 Å². The predicted molar refractivity (Wildman–Crippen MR) is 58.5 cm³/mol. The van der Waals surface area contributed by atoms with Crippen molar-refractivity contribution in [2.24, 2.45) is 0 Å². The van der Waals surface area contributed by atoms with Crippen LogP contribution in [0.25, 0.3) is 0 Å². The van der Waals surface area contributed by atoms with Gasteiger partial charge in [-0.1, -0.05) is 0 Å². The Balaban J connectivity index is 1.93. The van der Waals surface area contributed by atoms with E-state index in [2.05, 4.69) is 0 Å². The zero-order valence-corrected chi connectivity index (χ0v) is 15.3. The molecular formula is C8H6O12Sb2. The van der Waals surface area contributed by atoms with E-state index in [9.17, 15) is 19.2 Å². The molecule has 0 amide bonds. The summed E-state index contributed by atoms with van der Waals surface area (Å²) < 4.78 is 29.8. The molecule has 2 N–H and O–H groups in total. The van der Waals surface area contributed by atoms with E-state index in [0.29, 0.717) is 0 Å². The van der Waals surface area contributed by atoms with Crippen molar-refractivity contribution in [1.82, 2.24) is 0 Å². The van der Waals surface area contributed by atoms with Crippen LogP contribution in [0.3, 0.4) is 0 Å². The monoisotopic (exact) mass is 536 g/mol. The number of fused-ring (bicyclic) bond motifs is 4. The first kappa shape index (κ1) is 16.2. The van der Waals surface area contributed by atoms with Crippen LogP contribution < -0.4 is 0 Å². The van der Waals surface area contributed by atoms with Gasteiger partial charge in [-0.3, -0.25) is 0 Å². The van der Waals surface area contributed by atoms with Crippen molar-refractivity contribution in [2.45, 2.75) is 24.4 Å². The molecule has 3 fully saturated rings. The van der Waals surface area contributed by atoms with Crippen molar-refractivity contribution < 1.29 is 47.5 Å². The third-order valence-electron chi connectivity index (χ3n) is 2.63. The molecule has 0 unspecified atom stereocenters. The van der Waals surface area contributed by atoms with Crippen LogP contribution in [0.2, 0.25) is 0 Å². The molecule has 3 rings (SSSR count). The molecule has 0 aromatic heterocycles. The van der Waals surface area contributed by atoms with Gasteiger partial charge in [-0.15, -0.1) is 0 Å². The number of aliphatic carboxylic acids is 2. The van der Waals surface area contributed by atoms with E-state index in [-0.39, 0.29) is 0 Å². The van der Waals surface area contributed by atoms with Crippen LogP contribution in [0.15, 0.2) is 0 Å². The summed E-state index contributed by atoms with van der Waals surface area (Å²) >= 11 is -7.58. The van der Waals surface area contributed by atoms with Crippen molar-refractivity contribution in [1.29, 1.82) is 0 Å². The number of carboxylic acid groups (broad SMARTS) is 2. The Morgan fingerprint density at radius 2 is 1.14 bits per heavy atom. The van der Waals surface area contributed by atoms with Crippen LogP contribution in [0.5, 0.6) is 0 Å². The molecule has 0 saturated carbocycles. The molecule has 12 nitrogen and oxygen atoms in total. The van der Waals surface area contributed by atoms with Gasteiger partial charge in [0.1, 0.15) is 0 Å². The maximum atomic E-state index is 11.6. The van der Waals surface area contributed by atoms with E-state index < -0.39 is 91.2 Å². The molecule has 0 radical (unpaired) electrons. The second-order valence-electron chi connectivity index (χ2n) is 4.05. The van der Waals surface area contributed by atoms with Crippen LogP contribution in [0.4, 0.5) is 0 Å². The minimum atomic E-state index is -3.79. The van der Waals surface area contributed by atoms with Crippen molar-refractivity contribution in [3.63, 3.8) is 0 Å². The van der Waals surface area contributed by atoms with Gasteiger partial charge in [-0.2, -0.15) is 0 Å². The van der Waals surface area contributed by atoms with Gasteiger partial charge in [0.25, 0.3) is 0 Å². The fourth-order valence-corrected chi connectivity index (χ4v) is 8.25. The summed E-state index contributed by atoms with van der Waals surface area (Å²) in [7, 11) is 0. The average molecular weight is 538 g/mol. The molecule has 0 aromatic rings. The molecule has 14 heteroatoms. The average Bonchev–Trinajstić information content (AvgIpc) is 2.95. The van der Waals surface area contributed by atoms with Crippen LogP contribution in [0, 0.1) is 0 Å². The van der Waals surface area contributed by atoms with Gasteiger partial charge in [-0.25, -0.2) is 0 Å². The molecule has 120 valence electrons. The number of rotatable bonds is 2. The molecule has 4 atom stereocenters. The number of carbonyl (C=O) groups is 4. The molecule has 0 aliphatic carbocycles. The quantitative estimate of drug-likeness (QED) is 0.339. The molecule has 4 bridgehead atoms. The van der Waals surface area contributed by atoms with E-state index in [1.165, 1.54) is 0 Å². The first-order chi connectivity index (χ1) is 10.4. The molecule has 0 spiro atoms. The summed E-state index contributed by atoms with van der Waals surface area (Å²) in [6.07, 6.45) is -6.78. The number of hydrogen-bond donors (Lipinski definition) is 2. The molecule has 0 aromatic carbocycles. The fraction of sp³-hybridized carbons (Fsp3) is 0.500. The molecule has 3 heterocycles. The minimum absolute atomic E-state index is 1.02. The zero-order valence-electron chi connectivity index (χ0n) is 10.2. The van der Waals surface area contributed by atoms with Crippen molar-refractivity contribution >= 4 is 66.8 Å². The maximum absolute atomic E-state index is 11.6. The van der Waals surface area contributed by atoms with E-state index >= 15 is 0 Å². The summed E-state index contributed by atoms with van der Waals surface area (Å²) in [5, 5.41) is 18.2. The summed E-state index contributed by atoms with van der Waals surface area (Å²) in [5.41, 5.74) is 0. The van der Waals surface area contributed by atoms with Crippen molar-refractivity contribution in [2.75, 3.05) is 0 Å². The fourth-order valence-electron chi connectivity index (χ4n) is 1.66. The van der Waals surface area contributed by atoms with Gasteiger partial charge in [0.05, 0.1) is 0 Å². The van der Waals surface area contributed by atoms with Crippen molar-refractivity contribution in [3.05, 3.63) is 0 Å². The normalized spacial score (nSPS) is 35.8. The second kappa shape index (κ2) is 6.10. The first-order valence-corrected chi connectivity index (χ1v) is 11.8.